The molecule has 0 atom stereocenters. The quantitative estimate of drug-likeness (QED) is 0.427. The second-order valence-corrected chi connectivity index (χ2v) is 6.07. The van der Waals surface area contributed by atoms with Gasteiger partial charge in [0.05, 0.1) is 7.05 Å². The van der Waals surface area contributed by atoms with Gasteiger partial charge in [0.25, 0.3) is 0 Å². The highest BCUT2D eigenvalue weighted by molar-refractivity contribution is 5.97. The number of fused-ring (bicyclic) bond motifs is 2. The molecule has 0 unspecified atom stereocenters. The van der Waals surface area contributed by atoms with Crippen molar-refractivity contribution in [3.63, 3.8) is 0 Å². The number of hydrogen-bond acceptors (Lipinski definition) is 3. The Labute approximate surface area is 164 Å². The topological polar surface area (TPSA) is 44.3 Å². The second-order valence-electron chi connectivity index (χ2n) is 6.07. The third-order valence-corrected chi connectivity index (χ3v) is 4.52. The Balaban J connectivity index is 0.00000210. The summed E-state index contributed by atoms with van der Waals surface area (Å²) < 4.78 is 41.0. The van der Waals surface area contributed by atoms with Gasteiger partial charge in [0.1, 0.15) is 13.2 Å². The van der Waals surface area contributed by atoms with Crippen molar-refractivity contribution in [1.82, 2.24) is 4.57 Å². The SMILES string of the molecule is C[n+]1c(C(F)F)n(CC(=O)c2ccc3c(c2)OCCO3)c2ccccc21.[Br-]. The maximum absolute atomic E-state index is 13.6. The van der Waals surface area contributed by atoms with Gasteiger partial charge in [0.15, 0.2) is 29.1 Å². The average molecular weight is 439 g/mol. The zero-order valence-corrected chi connectivity index (χ0v) is 16.1. The van der Waals surface area contributed by atoms with Gasteiger partial charge in [-0.1, -0.05) is 12.1 Å². The Morgan fingerprint density at radius 1 is 1.15 bits per heavy atom. The van der Waals surface area contributed by atoms with E-state index >= 15 is 0 Å². The van der Waals surface area contributed by atoms with E-state index in [-0.39, 0.29) is 35.1 Å². The maximum atomic E-state index is 13.6. The van der Waals surface area contributed by atoms with E-state index in [1.807, 2.05) is 0 Å². The first-order chi connectivity index (χ1) is 12.6. The fourth-order valence-electron chi connectivity index (χ4n) is 3.29. The summed E-state index contributed by atoms with van der Waals surface area (Å²) in [6, 6.07) is 11.9. The minimum absolute atomic E-state index is 0. The second kappa shape index (κ2) is 7.64. The average Bonchev–Trinajstić information content (AvgIpc) is 2.93. The number of benzene rings is 2. The van der Waals surface area contributed by atoms with Crippen LogP contribution < -0.4 is 31.0 Å². The predicted octanol–water partition coefficient (Wildman–Crippen LogP) is 0.0615. The van der Waals surface area contributed by atoms with E-state index < -0.39 is 6.43 Å². The van der Waals surface area contributed by atoms with Gasteiger partial charge >= 0.3 is 12.2 Å². The van der Waals surface area contributed by atoms with E-state index in [1.165, 1.54) is 9.13 Å². The van der Waals surface area contributed by atoms with Crippen LogP contribution in [0.4, 0.5) is 8.78 Å². The smallest absolute Gasteiger partial charge is 0.337 e. The summed E-state index contributed by atoms with van der Waals surface area (Å²) in [6.45, 7) is 0.697. The molecule has 0 aliphatic carbocycles. The van der Waals surface area contributed by atoms with Crippen LogP contribution in [0, 0.1) is 0 Å². The van der Waals surface area contributed by atoms with E-state index in [0.29, 0.717) is 41.3 Å². The van der Waals surface area contributed by atoms with E-state index in [1.54, 1.807) is 49.5 Å². The van der Waals surface area contributed by atoms with E-state index in [2.05, 4.69) is 0 Å². The zero-order valence-electron chi connectivity index (χ0n) is 14.5. The molecule has 1 aromatic heterocycles. The van der Waals surface area contributed by atoms with Gasteiger partial charge in [-0.15, -0.1) is 0 Å². The molecule has 5 nitrogen and oxygen atoms in total. The minimum Gasteiger partial charge on any atom is -1.00 e. The lowest BCUT2D eigenvalue weighted by molar-refractivity contribution is -0.659. The van der Waals surface area contributed by atoms with Crippen LogP contribution in [0.5, 0.6) is 11.5 Å². The number of imidazole rings is 1. The third kappa shape index (κ3) is 3.41. The van der Waals surface area contributed by atoms with Gasteiger partial charge in [0.2, 0.25) is 5.78 Å². The molecule has 2 aromatic carbocycles. The van der Waals surface area contributed by atoms with Crippen molar-refractivity contribution in [3.8, 4) is 11.5 Å². The van der Waals surface area contributed by atoms with Crippen molar-refractivity contribution < 1.29 is 44.6 Å². The molecule has 0 radical (unpaired) electrons. The van der Waals surface area contributed by atoms with Crippen molar-refractivity contribution >= 4 is 16.8 Å². The number of rotatable bonds is 4. The maximum Gasteiger partial charge on any atom is 0.337 e. The molecule has 4 rings (SSSR count). The van der Waals surface area contributed by atoms with Crippen molar-refractivity contribution in [2.24, 2.45) is 7.05 Å². The lowest BCUT2D eigenvalue weighted by Crippen LogP contribution is -3.00. The summed E-state index contributed by atoms with van der Waals surface area (Å²) in [5, 5.41) is 0. The zero-order chi connectivity index (χ0) is 18.3. The van der Waals surface area contributed by atoms with Crippen LogP contribution in [0.25, 0.3) is 11.0 Å². The van der Waals surface area contributed by atoms with Gasteiger partial charge in [-0.3, -0.25) is 4.79 Å². The predicted molar refractivity (Wildman–Crippen MR) is 89.8 cm³/mol. The van der Waals surface area contributed by atoms with Crippen LogP contribution >= 0.6 is 0 Å². The number of aryl methyl sites for hydroxylation is 1. The Morgan fingerprint density at radius 3 is 2.59 bits per heavy atom. The highest BCUT2D eigenvalue weighted by Gasteiger charge is 2.31. The molecule has 0 bridgehead atoms. The molecule has 1 aliphatic rings. The lowest BCUT2D eigenvalue weighted by Gasteiger charge is -2.18. The molecule has 1 aliphatic heterocycles. The van der Waals surface area contributed by atoms with Crippen LogP contribution in [0.1, 0.15) is 22.6 Å². The monoisotopic (exact) mass is 438 g/mol. The number of hydrogen-bond donors (Lipinski definition) is 0. The standard InChI is InChI=1S/C19H17F2N2O3.BrH/c1-22-13-4-2-3-5-14(13)23(19(22)18(20)21)11-15(24)12-6-7-16-17(10-12)26-9-8-25-16;/h2-7,10,18H,8-9,11H2,1H3;1H/q+1;/p-1. The van der Waals surface area contributed by atoms with Crippen LogP contribution in [-0.4, -0.2) is 23.6 Å². The highest BCUT2D eigenvalue weighted by Crippen LogP contribution is 2.31. The molecule has 27 heavy (non-hydrogen) atoms. The molecule has 0 N–H and O–H groups in total. The molecule has 0 fully saturated rings. The molecule has 142 valence electrons. The van der Waals surface area contributed by atoms with Crippen LogP contribution in [0.3, 0.4) is 0 Å². The summed E-state index contributed by atoms with van der Waals surface area (Å²) in [6.07, 6.45) is -2.69. The van der Waals surface area contributed by atoms with Gasteiger partial charge < -0.3 is 26.5 Å². The fraction of sp³-hybridized carbons (Fsp3) is 0.263. The summed E-state index contributed by atoms with van der Waals surface area (Å²) >= 11 is 0. The molecule has 0 spiro atoms. The molecule has 0 saturated heterocycles. The third-order valence-electron chi connectivity index (χ3n) is 4.52. The van der Waals surface area contributed by atoms with Crippen LogP contribution in [0.15, 0.2) is 42.5 Å². The number of para-hydroxylation sites is 2. The summed E-state index contributed by atoms with van der Waals surface area (Å²) in [7, 11) is 1.58. The number of halogens is 3. The number of nitrogens with zero attached hydrogens (tertiary/aromatic N) is 2. The molecule has 0 saturated carbocycles. The molecule has 8 heteroatoms. The highest BCUT2D eigenvalue weighted by atomic mass is 79.9. The molecular formula is C19H17BrF2N2O3. The Bertz CT molecular complexity index is 1000. The van der Waals surface area contributed by atoms with Gasteiger partial charge in [0, 0.05) is 5.56 Å². The van der Waals surface area contributed by atoms with Crippen LogP contribution in [-0.2, 0) is 13.6 Å². The van der Waals surface area contributed by atoms with E-state index in [9.17, 15) is 13.6 Å². The van der Waals surface area contributed by atoms with Crippen LogP contribution in [0.2, 0.25) is 0 Å². The first-order valence-electron chi connectivity index (χ1n) is 8.24. The largest absolute Gasteiger partial charge is 1.00 e. The minimum atomic E-state index is -2.69. The first kappa shape index (κ1) is 19.3. The Hall–Kier alpha value is -2.48. The van der Waals surface area contributed by atoms with Crippen molar-refractivity contribution in [2.45, 2.75) is 13.0 Å². The Kier molecular flexibility index (Phi) is 5.46. The fourth-order valence-corrected chi connectivity index (χ4v) is 3.29. The first-order valence-corrected chi connectivity index (χ1v) is 8.24. The summed E-state index contributed by atoms with van der Waals surface area (Å²) in [5.41, 5.74) is 1.64. The number of Topliss-reactive ketones (excluding diaryl/α,β-unsaturated/α-hetero) is 1. The number of aromatic nitrogens is 2. The number of carbonyl (C=O) groups excluding carboxylic acids is 1. The molecular weight excluding hydrogens is 422 g/mol. The van der Waals surface area contributed by atoms with Gasteiger partial charge in [-0.2, -0.15) is 8.78 Å². The van der Waals surface area contributed by atoms with Gasteiger partial charge in [-0.25, -0.2) is 9.13 Å². The number of carbonyl (C=O) groups is 1. The van der Waals surface area contributed by atoms with Gasteiger partial charge in [-0.05, 0) is 30.3 Å². The Morgan fingerprint density at radius 2 is 1.85 bits per heavy atom. The summed E-state index contributed by atoms with van der Waals surface area (Å²) in [5.74, 6) is 0.611. The van der Waals surface area contributed by atoms with E-state index in [4.69, 9.17) is 9.47 Å². The molecule has 0 amide bonds. The number of alkyl halides is 2. The normalized spacial score (nSPS) is 12.9. The molecule has 2 heterocycles. The number of ether oxygens (including phenoxy) is 2. The summed E-state index contributed by atoms with van der Waals surface area (Å²) in [4.78, 5) is 12.8. The number of ketones is 1. The van der Waals surface area contributed by atoms with E-state index in [0.717, 1.165) is 0 Å². The van der Waals surface area contributed by atoms with Crippen molar-refractivity contribution in [1.29, 1.82) is 0 Å². The van der Waals surface area contributed by atoms with Crippen molar-refractivity contribution in [3.05, 3.63) is 53.9 Å². The molecule has 3 aromatic rings. The lowest BCUT2D eigenvalue weighted by atomic mass is 10.1. The van der Waals surface area contributed by atoms with Crippen molar-refractivity contribution in [2.75, 3.05) is 13.2 Å².